The summed E-state index contributed by atoms with van der Waals surface area (Å²) in [5, 5.41) is 10.9. The molecular weight excluding hydrogens is 264 g/mol. The first-order chi connectivity index (χ1) is 10.0. The van der Waals surface area contributed by atoms with Crippen LogP contribution in [0.3, 0.4) is 0 Å². The molecule has 5 nitrogen and oxygen atoms in total. The van der Waals surface area contributed by atoms with Crippen molar-refractivity contribution in [3.8, 4) is 0 Å². The molecule has 0 saturated carbocycles. The van der Waals surface area contributed by atoms with Gasteiger partial charge in [-0.25, -0.2) is 9.97 Å². The fourth-order valence-electron chi connectivity index (χ4n) is 1.80. The van der Waals surface area contributed by atoms with Crippen LogP contribution in [0.1, 0.15) is 39.2 Å². The molecule has 1 heterocycles. The molecule has 0 aromatic carbocycles. The summed E-state index contributed by atoms with van der Waals surface area (Å²) in [5.41, 5.74) is 2.84. The van der Waals surface area contributed by atoms with Gasteiger partial charge in [0.2, 0.25) is 0 Å². The molecule has 21 heavy (non-hydrogen) atoms. The van der Waals surface area contributed by atoms with E-state index in [1.807, 2.05) is 13.8 Å². The van der Waals surface area contributed by atoms with E-state index >= 15 is 0 Å². The molecule has 0 unspecified atom stereocenters. The van der Waals surface area contributed by atoms with E-state index in [4.69, 9.17) is 10.1 Å². The maximum absolute atomic E-state index is 7.63. The first-order valence-corrected chi connectivity index (χ1v) is 7.22. The number of nitrogens with zero attached hydrogens (tertiary/aromatic N) is 2. The summed E-state index contributed by atoms with van der Waals surface area (Å²) in [6.07, 6.45) is 5.07. The van der Waals surface area contributed by atoms with Crippen molar-refractivity contribution >= 4 is 11.4 Å². The molecule has 0 amide bonds. The Balaban J connectivity index is 3.09. The van der Waals surface area contributed by atoms with Gasteiger partial charge in [0.25, 0.3) is 0 Å². The van der Waals surface area contributed by atoms with Gasteiger partial charge in [0.15, 0.2) is 0 Å². The minimum atomic E-state index is 0.419. The minimum Gasteiger partial charge on any atom is -0.492 e. The second-order valence-electron chi connectivity index (χ2n) is 4.58. The van der Waals surface area contributed by atoms with Crippen LogP contribution in [0.25, 0.3) is 0 Å². The lowest BCUT2D eigenvalue weighted by molar-refractivity contribution is 0.240. The third-order valence-electron chi connectivity index (χ3n) is 2.82. The van der Waals surface area contributed by atoms with Gasteiger partial charge in [-0.2, -0.15) is 0 Å². The fraction of sp³-hybridized carbons (Fsp3) is 0.438. The van der Waals surface area contributed by atoms with Gasteiger partial charge in [0.05, 0.1) is 29.9 Å². The number of aryl methyl sites for hydroxylation is 2. The molecule has 2 N–H and O–H groups in total. The van der Waals surface area contributed by atoms with Crippen molar-refractivity contribution in [3.63, 3.8) is 0 Å². The quantitative estimate of drug-likeness (QED) is 0.436. The van der Waals surface area contributed by atoms with Crippen LogP contribution in [0.5, 0.6) is 0 Å². The molecule has 1 aromatic heterocycles. The molecule has 0 aliphatic rings. The Bertz CT molecular complexity index is 549. The Kier molecular flexibility index (Phi) is 6.59. The molecule has 1 rings (SSSR count). The number of ether oxygens (including phenoxy) is 1. The number of anilines is 1. The Morgan fingerprint density at radius 2 is 2.10 bits per heavy atom. The van der Waals surface area contributed by atoms with E-state index in [0.29, 0.717) is 23.8 Å². The van der Waals surface area contributed by atoms with Crippen molar-refractivity contribution in [3.05, 3.63) is 41.8 Å². The number of rotatable bonds is 8. The monoisotopic (exact) mass is 288 g/mol. The summed E-state index contributed by atoms with van der Waals surface area (Å²) in [6, 6.07) is 0. The summed E-state index contributed by atoms with van der Waals surface area (Å²) in [4.78, 5) is 8.84. The van der Waals surface area contributed by atoms with Gasteiger partial charge >= 0.3 is 0 Å². The third kappa shape index (κ3) is 5.02. The van der Waals surface area contributed by atoms with Crippen LogP contribution in [0.15, 0.2) is 30.3 Å². The molecule has 0 aliphatic heterocycles. The minimum absolute atomic E-state index is 0.419. The zero-order valence-corrected chi connectivity index (χ0v) is 13.3. The van der Waals surface area contributed by atoms with Crippen molar-refractivity contribution in [1.29, 1.82) is 5.41 Å². The van der Waals surface area contributed by atoms with E-state index in [1.54, 1.807) is 19.2 Å². The average Bonchev–Trinajstić information content (AvgIpc) is 2.46. The highest BCUT2D eigenvalue weighted by Gasteiger charge is 2.10. The summed E-state index contributed by atoms with van der Waals surface area (Å²) in [6.45, 7) is 12.1. The van der Waals surface area contributed by atoms with Crippen LogP contribution < -0.4 is 5.32 Å². The van der Waals surface area contributed by atoms with Crippen molar-refractivity contribution in [1.82, 2.24) is 9.97 Å². The van der Waals surface area contributed by atoms with E-state index in [2.05, 4.69) is 28.8 Å². The Hall–Kier alpha value is -2.17. The standard InChI is InChI=1S/C16H24N4O/c1-6-13-15(10-18-16(7-2)20-13)19-14(9-11(4)17)12(5)21-8-3/h9-10,17,19H,5-8H2,1-4H3/b14-9-,17-11?. The van der Waals surface area contributed by atoms with E-state index in [1.165, 1.54) is 0 Å². The fourth-order valence-corrected chi connectivity index (χ4v) is 1.80. The van der Waals surface area contributed by atoms with E-state index in [-0.39, 0.29) is 0 Å². The highest BCUT2D eigenvalue weighted by Crippen LogP contribution is 2.19. The van der Waals surface area contributed by atoms with E-state index < -0.39 is 0 Å². The van der Waals surface area contributed by atoms with Crippen LogP contribution in [-0.4, -0.2) is 22.3 Å². The average molecular weight is 288 g/mol. The summed E-state index contributed by atoms with van der Waals surface area (Å²) in [5.74, 6) is 1.33. The van der Waals surface area contributed by atoms with Gasteiger partial charge in [0.1, 0.15) is 11.6 Å². The molecule has 0 saturated heterocycles. The van der Waals surface area contributed by atoms with Gasteiger partial charge in [-0.3, -0.25) is 0 Å². The maximum Gasteiger partial charge on any atom is 0.135 e. The SMILES string of the molecule is C=C(OCC)/C(=C/C(C)=N)Nc1cnc(CC)nc1CC. The Labute approximate surface area is 126 Å². The summed E-state index contributed by atoms with van der Waals surface area (Å²) < 4.78 is 5.43. The summed E-state index contributed by atoms with van der Waals surface area (Å²) >= 11 is 0. The highest BCUT2D eigenvalue weighted by molar-refractivity contribution is 5.91. The second-order valence-corrected chi connectivity index (χ2v) is 4.58. The van der Waals surface area contributed by atoms with E-state index in [9.17, 15) is 0 Å². The van der Waals surface area contributed by atoms with E-state index in [0.717, 1.165) is 30.0 Å². The van der Waals surface area contributed by atoms with Gasteiger partial charge in [0, 0.05) is 12.1 Å². The third-order valence-corrected chi connectivity index (χ3v) is 2.82. The number of hydrogen-bond donors (Lipinski definition) is 2. The van der Waals surface area contributed by atoms with Crippen LogP contribution in [0.4, 0.5) is 5.69 Å². The first kappa shape index (κ1) is 16.9. The molecule has 0 bridgehead atoms. The molecule has 0 radical (unpaired) electrons. The lowest BCUT2D eigenvalue weighted by Gasteiger charge is -2.16. The first-order valence-electron chi connectivity index (χ1n) is 7.22. The predicted octanol–water partition coefficient (Wildman–Crippen LogP) is 3.49. The Morgan fingerprint density at radius 1 is 1.38 bits per heavy atom. The van der Waals surface area contributed by atoms with Crippen molar-refractivity contribution in [2.75, 3.05) is 11.9 Å². The van der Waals surface area contributed by atoms with Crippen LogP contribution in [-0.2, 0) is 17.6 Å². The normalized spacial score (nSPS) is 11.1. The van der Waals surface area contributed by atoms with Crippen LogP contribution in [0, 0.1) is 5.41 Å². The number of allylic oxidation sites excluding steroid dienone is 1. The molecule has 0 fully saturated rings. The smallest absolute Gasteiger partial charge is 0.135 e. The molecule has 114 valence electrons. The second kappa shape index (κ2) is 8.19. The molecule has 0 atom stereocenters. The highest BCUT2D eigenvalue weighted by atomic mass is 16.5. The number of nitrogens with one attached hydrogen (secondary N) is 2. The number of aromatic nitrogens is 2. The molecule has 0 aliphatic carbocycles. The molecular formula is C16H24N4O. The molecule has 0 spiro atoms. The van der Waals surface area contributed by atoms with Crippen molar-refractivity contribution in [2.24, 2.45) is 0 Å². The lowest BCUT2D eigenvalue weighted by Crippen LogP contribution is -2.10. The Morgan fingerprint density at radius 3 is 2.62 bits per heavy atom. The molecule has 1 aromatic rings. The lowest BCUT2D eigenvalue weighted by atomic mass is 10.2. The number of hydrogen-bond acceptors (Lipinski definition) is 5. The summed E-state index contributed by atoms with van der Waals surface area (Å²) in [7, 11) is 0. The van der Waals surface area contributed by atoms with Gasteiger partial charge in [-0.05, 0) is 26.3 Å². The maximum atomic E-state index is 7.63. The van der Waals surface area contributed by atoms with Gasteiger partial charge in [-0.1, -0.05) is 20.4 Å². The zero-order chi connectivity index (χ0) is 15.8. The zero-order valence-electron chi connectivity index (χ0n) is 13.3. The largest absolute Gasteiger partial charge is 0.492 e. The van der Waals surface area contributed by atoms with Gasteiger partial charge in [-0.15, -0.1) is 0 Å². The molecule has 5 heteroatoms. The topological polar surface area (TPSA) is 70.9 Å². The van der Waals surface area contributed by atoms with Crippen LogP contribution in [0.2, 0.25) is 0 Å². The predicted molar refractivity (Wildman–Crippen MR) is 86.7 cm³/mol. The van der Waals surface area contributed by atoms with Crippen LogP contribution >= 0.6 is 0 Å². The van der Waals surface area contributed by atoms with Crippen molar-refractivity contribution < 1.29 is 4.74 Å². The van der Waals surface area contributed by atoms with Crippen molar-refractivity contribution in [2.45, 2.75) is 40.5 Å². The van der Waals surface area contributed by atoms with Gasteiger partial charge < -0.3 is 15.5 Å².